The van der Waals surface area contributed by atoms with E-state index in [0.717, 1.165) is 0 Å². The van der Waals surface area contributed by atoms with Crippen molar-refractivity contribution in [2.45, 2.75) is 0 Å². The number of rotatable bonds is 1. The Bertz CT molecular complexity index is 265. The van der Waals surface area contributed by atoms with E-state index in [1.807, 2.05) is 0 Å². The average molecular weight is 166 g/mol. The molecular weight excluding hydrogens is 162 g/mol. The van der Waals surface area contributed by atoms with Crippen molar-refractivity contribution < 1.29 is 63.4 Å². The summed E-state index contributed by atoms with van der Waals surface area (Å²) in [6, 6.07) is 5.37. The van der Waals surface area contributed by atoms with Crippen LogP contribution in [0.4, 0.5) is 0 Å². The Labute approximate surface area is 104 Å². The van der Waals surface area contributed by atoms with Crippen LogP contribution in [-0.4, -0.2) is 5.97 Å². The number of carbonyl (C=O) groups is 1. The van der Waals surface area contributed by atoms with E-state index in [9.17, 15) is 15.0 Å². The Morgan fingerprint density at radius 1 is 1.25 bits per heavy atom. The van der Waals surface area contributed by atoms with Crippen molar-refractivity contribution in [3.63, 3.8) is 0 Å². The molecule has 0 radical (unpaired) electrons. The molecule has 1 aromatic rings. The second kappa shape index (κ2) is 6.59. The first-order valence-corrected chi connectivity index (χ1v) is 2.69. The molecule has 0 spiro atoms. The van der Waals surface area contributed by atoms with Gasteiger partial charge < -0.3 is 15.0 Å². The number of carbonyl (C=O) groups excluding carboxylic acids is 1. The van der Waals surface area contributed by atoms with Crippen molar-refractivity contribution in [3.05, 3.63) is 29.8 Å². The smallest absolute Gasteiger partial charge is 0.872 e. The fraction of sp³-hybridized carbons (Fsp3) is 0. The topological polar surface area (TPSA) is 63.2 Å². The van der Waals surface area contributed by atoms with E-state index in [0.29, 0.717) is 0 Å². The first-order valence-electron chi connectivity index (χ1n) is 2.69. The molecule has 0 bridgehead atoms. The normalized spacial score (nSPS) is 7.67. The zero-order valence-electron chi connectivity index (χ0n) is 7.03. The van der Waals surface area contributed by atoms with Crippen LogP contribution in [0.15, 0.2) is 24.3 Å². The maximum atomic E-state index is 10.6. The predicted octanol–water partition coefficient (Wildman–Crippen LogP) is -6.87. The molecule has 0 atom stereocenters. The van der Waals surface area contributed by atoms with Crippen molar-refractivity contribution in [3.8, 4) is 5.75 Å². The van der Waals surface area contributed by atoms with Crippen molar-refractivity contribution in [2.75, 3.05) is 0 Å². The monoisotopic (exact) mass is 166 g/mol. The Morgan fingerprint density at radius 3 is 2.08 bits per heavy atom. The third-order valence-corrected chi connectivity index (χ3v) is 1.11. The van der Waals surface area contributed by atoms with Crippen molar-refractivity contribution >= 4 is 5.97 Å². The molecule has 0 fully saturated rings. The minimum absolute atomic E-state index is 0. The van der Waals surface area contributed by atoms with Gasteiger partial charge in [-0.05, 0) is 5.56 Å². The largest absolute Gasteiger partial charge is 1.00 e. The van der Waals surface area contributed by atoms with Gasteiger partial charge in [-0.25, -0.2) is 0 Å². The Hall–Kier alpha value is 0.0874. The molecule has 12 heavy (non-hydrogen) atoms. The summed E-state index contributed by atoms with van der Waals surface area (Å²) >= 11 is 0. The third-order valence-electron chi connectivity index (χ3n) is 1.11. The number of para-hydroxylation sites is 1. The molecule has 0 N–H and O–H groups in total. The predicted molar refractivity (Wildman–Crippen MR) is 30.2 cm³/mol. The van der Waals surface area contributed by atoms with Crippen LogP contribution in [0.3, 0.4) is 0 Å². The maximum Gasteiger partial charge on any atom is 1.00 e. The Balaban J connectivity index is 0. The van der Waals surface area contributed by atoms with E-state index in [-0.39, 0.29) is 54.0 Å². The van der Waals surface area contributed by atoms with Crippen molar-refractivity contribution in [2.24, 2.45) is 0 Å². The van der Waals surface area contributed by atoms with Crippen LogP contribution in [-0.2, 0) is 0 Å². The van der Waals surface area contributed by atoms with Gasteiger partial charge in [0.25, 0.3) is 0 Å². The Morgan fingerprint density at radius 2 is 1.75 bits per heavy atom. The van der Waals surface area contributed by atoms with E-state index < -0.39 is 11.7 Å². The number of carboxylic acids is 1. The number of benzene rings is 1. The summed E-state index contributed by atoms with van der Waals surface area (Å²) in [5.74, 6) is -1.94. The minimum Gasteiger partial charge on any atom is -0.872 e. The first kappa shape index (κ1) is 14.6. The summed E-state index contributed by atoms with van der Waals surface area (Å²) in [5.41, 5.74) is -0.289. The quantitative estimate of drug-likeness (QED) is 0.389. The SMILES string of the molecule is O=C([O-])c1ccccc1[O-].[Li+].[Na+]. The summed E-state index contributed by atoms with van der Waals surface area (Å²) in [6.07, 6.45) is 0. The molecule has 1 aromatic carbocycles. The second-order valence-electron chi connectivity index (χ2n) is 1.78. The van der Waals surface area contributed by atoms with Gasteiger partial charge in [0.15, 0.2) is 0 Å². The Kier molecular flexibility index (Phi) is 8.02. The zero-order valence-corrected chi connectivity index (χ0v) is 9.03. The van der Waals surface area contributed by atoms with E-state index in [1.54, 1.807) is 0 Å². The van der Waals surface area contributed by atoms with Gasteiger partial charge in [0, 0.05) is 0 Å². The molecule has 0 heterocycles. The molecule has 0 unspecified atom stereocenters. The molecule has 52 valence electrons. The van der Waals surface area contributed by atoms with E-state index >= 15 is 0 Å². The van der Waals surface area contributed by atoms with Crippen LogP contribution in [0.5, 0.6) is 5.75 Å². The fourth-order valence-electron chi connectivity index (χ4n) is 0.635. The second-order valence-corrected chi connectivity index (χ2v) is 1.78. The number of hydrogen-bond donors (Lipinski definition) is 0. The molecule has 0 aliphatic heterocycles. The molecule has 0 amide bonds. The average Bonchev–Trinajstić information content (AvgIpc) is 1.88. The van der Waals surface area contributed by atoms with Gasteiger partial charge in [0.1, 0.15) is 0 Å². The summed E-state index contributed by atoms with van der Waals surface area (Å²) < 4.78 is 0. The number of aromatic carboxylic acids is 1. The molecule has 1 rings (SSSR count). The molecule has 0 aromatic heterocycles. The maximum absolute atomic E-state index is 10.6. The molecular formula is C7H4LiNaO3. The van der Waals surface area contributed by atoms with Gasteiger partial charge in [-0.2, -0.15) is 0 Å². The molecule has 0 aliphatic rings. The minimum atomic E-state index is -1.43. The summed E-state index contributed by atoms with van der Waals surface area (Å²) in [6.45, 7) is 0. The third kappa shape index (κ3) is 3.66. The van der Waals surface area contributed by atoms with Gasteiger partial charge in [0.05, 0.1) is 5.97 Å². The van der Waals surface area contributed by atoms with E-state index in [4.69, 9.17) is 0 Å². The van der Waals surface area contributed by atoms with Gasteiger partial charge >= 0.3 is 48.4 Å². The van der Waals surface area contributed by atoms with Gasteiger partial charge in [-0.15, -0.1) is 0 Å². The van der Waals surface area contributed by atoms with Gasteiger partial charge in [-0.1, -0.05) is 30.0 Å². The van der Waals surface area contributed by atoms with Gasteiger partial charge in [-0.3, -0.25) is 0 Å². The van der Waals surface area contributed by atoms with Crippen LogP contribution in [0, 0.1) is 0 Å². The van der Waals surface area contributed by atoms with E-state index in [1.165, 1.54) is 24.3 Å². The van der Waals surface area contributed by atoms with Crippen LogP contribution < -0.4 is 58.6 Å². The summed E-state index contributed by atoms with van der Waals surface area (Å²) in [7, 11) is 0. The summed E-state index contributed by atoms with van der Waals surface area (Å²) in [4.78, 5) is 10.1. The number of carboxylic acid groups (broad SMARTS) is 1. The van der Waals surface area contributed by atoms with Crippen LogP contribution in [0.2, 0.25) is 0 Å². The molecule has 3 nitrogen and oxygen atoms in total. The van der Waals surface area contributed by atoms with Crippen molar-refractivity contribution in [1.29, 1.82) is 0 Å². The fourth-order valence-corrected chi connectivity index (χ4v) is 0.635. The van der Waals surface area contributed by atoms with Crippen LogP contribution in [0.25, 0.3) is 0 Å². The first-order chi connectivity index (χ1) is 4.72. The van der Waals surface area contributed by atoms with E-state index in [2.05, 4.69) is 0 Å². The van der Waals surface area contributed by atoms with Crippen LogP contribution >= 0.6 is 0 Å². The van der Waals surface area contributed by atoms with Gasteiger partial charge in [0.2, 0.25) is 0 Å². The standard InChI is InChI=1S/C7H6O3.Li.Na/c8-6-4-2-1-3-5(6)7(9)10;;/h1-4,8H,(H,9,10);;/q;2*+1/p-2. The van der Waals surface area contributed by atoms with Crippen molar-refractivity contribution in [1.82, 2.24) is 0 Å². The van der Waals surface area contributed by atoms with Crippen LogP contribution in [0.1, 0.15) is 10.4 Å². The summed E-state index contributed by atoms with van der Waals surface area (Å²) in [5, 5.41) is 20.8. The zero-order chi connectivity index (χ0) is 7.56. The molecule has 0 aliphatic carbocycles. The molecule has 0 saturated carbocycles. The number of hydrogen-bond acceptors (Lipinski definition) is 3. The molecule has 5 heteroatoms. The molecule has 0 saturated heterocycles.